The van der Waals surface area contributed by atoms with Crippen LogP contribution in [-0.2, 0) is 9.84 Å². The fourth-order valence-electron chi connectivity index (χ4n) is 3.90. The Bertz CT molecular complexity index is 861. The van der Waals surface area contributed by atoms with Crippen LogP contribution in [0.4, 0.5) is 5.82 Å². The van der Waals surface area contributed by atoms with Gasteiger partial charge in [0.25, 0.3) is 0 Å². The van der Waals surface area contributed by atoms with E-state index in [2.05, 4.69) is 34.3 Å². The van der Waals surface area contributed by atoms with Gasteiger partial charge in [-0.15, -0.1) is 0 Å². The van der Waals surface area contributed by atoms with E-state index in [9.17, 15) is 8.42 Å². The van der Waals surface area contributed by atoms with Crippen LogP contribution in [0.15, 0.2) is 29.4 Å². The van der Waals surface area contributed by atoms with Gasteiger partial charge in [-0.25, -0.2) is 18.4 Å². The minimum absolute atomic E-state index is 0.291. The minimum Gasteiger partial charge on any atom is -0.368 e. The third kappa shape index (κ3) is 4.32. The van der Waals surface area contributed by atoms with Crippen LogP contribution < -0.4 is 5.32 Å². The topological polar surface area (TPSA) is 75.2 Å². The SMILES string of the molecule is CN(C)C(CNc1ncnc2ccc(S(C)(=O)=O)cc12)C1CCCCC1. The Balaban J connectivity index is 1.85. The van der Waals surface area contributed by atoms with Crippen molar-refractivity contribution in [1.82, 2.24) is 14.9 Å². The lowest BCUT2D eigenvalue weighted by atomic mass is 9.83. The van der Waals surface area contributed by atoms with Gasteiger partial charge in [-0.1, -0.05) is 19.3 Å². The van der Waals surface area contributed by atoms with Gasteiger partial charge in [0.05, 0.1) is 10.4 Å². The second-order valence-corrected chi connectivity index (χ2v) is 9.50. The molecule has 0 amide bonds. The van der Waals surface area contributed by atoms with E-state index in [1.165, 1.54) is 44.7 Å². The van der Waals surface area contributed by atoms with Crippen LogP contribution in [0, 0.1) is 5.92 Å². The first-order valence-electron chi connectivity index (χ1n) is 9.21. The fourth-order valence-corrected chi connectivity index (χ4v) is 4.55. The van der Waals surface area contributed by atoms with Gasteiger partial charge in [0.15, 0.2) is 9.84 Å². The summed E-state index contributed by atoms with van der Waals surface area (Å²) in [6, 6.07) is 5.43. The van der Waals surface area contributed by atoms with E-state index in [4.69, 9.17) is 0 Å². The summed E-state index contributed by atoms with van der Waals surface area (Å²) in [6.45, 7) is 0.785. The van der Waals surface area contributed by atoms with Gasteiger partial charge in [0, 0.05) is 24.2 Å². The lowest BCUT2D eigenvalue weighted by Crippen LogP contribution is -2.41. The normalized spacial score (nSPS) is 17.5. The van der Waals surface area contributed by atoms with Crippen LogP contribution in [0.25, 0.3) is 10.9 Å². The summed E-state index contributed by atoms with van der Waals surface area (Å²) in [5, 5.41) is 4.20. The number of nitrogens with one attached hydrogen (secondary N) is 1. The van der Waals surface area contributed by atoms with Crippen LogP contribution in [0.2, 0.25) is 0 Å². The Morgan fingerprint density at radius 2 is 1.92 bits per heavy atom. The van der Waals surface area contributed by atoms with E-state index < -0.39 is 9.84 Å². The van der Waals surface area contributed by atoms with Gasteiger partial charge in [-0.3, -0.25) is 0 Å². The number of nitrogens with zero attached hydrogens (tertiary/aromatic N) is 3. The molecule has 1 aliphatic carbocycles. The van der Waals surface area contributed by atoms with Crippen molar-refractivity contribution < 1.29 is 8.42 Å². The van der Waals surface area contributed by atoms with Gasteiger partial charge >= 0.3 is 0 Å². The molecule has 3 rings (SSSR count). The summed E-state index contributed by atoms with van der Waals surface area (Å²) < 4.78 is 23.8. The zero-order valence-corrected chi connectivity index (χ0v) is 16.6. The molecule has 0 radical (unpaired) electrons. The average molecular weight is 377 g/mol. The highest BCUT2D eigenvalue weighted by molar-refractivity contribution is 7.90. The molecule has 1 aliphatic rings. The standard InChI is InChI=1S/C19H28N4O2S/c1-23(2)18(14-7-5-4-6-8-14)12-20-19-16-11-15(26(3,24)25)9-10-17(16)21-13-22-19/h9-11,13-14,18H,4-8,12H2,1-3H3,(H,20,21,22). The monoisotopic (exact) mass is 376 g/mol. The third-order valence-electron chi connectivity index (χ3n) is 5.37. The third-order valence-corrected chi connectivity index (χ3v) is 6.48. The second-order valence-electron chi connectivity index (χ2n) is 7.48. The van der Waals surface area contributed by atoms with E-state index in [1.54, 1.807) is 18.2 Å². The largest absolute Gasteiger partial charge is 0.368 e. The van der Waals surface area contributed by atoms with Crippen molar-refractivity contribution in [1.29, 1.82) is 0 Å². The maximum atomic E-state index is 11.9. The molecule has 0 bridgehead atoms. The maximum Gasteiger partial charge on any atom is 0.175 e. The van der Waals surface area contributed by atoms with Gasteiger partial charge in [-0.05, 0) is 51.1 Å². The highest BCUT2D eigenvalue weighted by Gasteiger charge is 2.25. The zero-order valence-electron chi connectivity index (χ0n) is 15.8. The van der Waals surface area contributed by atoms with Gasteiger partial charge in [0.1, 0.15) is 12.1 Å². The molecule has 1 aromatic heterocycles. The fraction of sp³-hybridized carbons (Fsp3) is 0.579. The molecule has 1 heterocycles. The van der Waals surface area contributed by atoms with Crippen LogP contribution in [-0.4, -0.2) is 56.2 Å². The Kier molecular flexibility index (Phi) is 5.77. The summed E-state index contributed by atoms with van der Waals surface area (Å²) in [5.74, 6) is 1.38. The molecule has 1 aromatic carbocycles. The first-order valence-corrected chi connectivity index (χ1v) is 11.1. The molecular weight excluding hydrogens is 348 g/mol. The molecule has 7 heteroatoms. The van der Waals surface area contributed by atoms with Crippen molar-refractivity contribution in [3.63, 3.8) is 0 Å². The Labute approximate surface area is 155 Å². The summed E-state index contributed by atoms with van der Waals surface area (Å²) in [7, 11) is 0.987. The Hall–Kier alpha value is -1.73. The van der Waals surface area contributed by atoms with Crippen LogP contribution >= 0.6 is 0 Å². The number of aromatic nitrogens is 2. The smallest absolute Gasteiger partial charge is 0.175 e. The van der Waals surface area contributed by atoms with Crippen LogP contribution in [0.5, 0.6) is 0 Å². The first kappa shape index (κ1) is 19.0. The maximum absolute atomic E-state index is 11.9. The zero-order chi connectivity index (χ0) is 18.7. The number of hydrogen-bond donors (Lipinski definition) is 1. The molecule has 2 aromatic rings. The van der Waals surface area contributed by atoms with Gasteiger partial charge in [-0.2, -0.15) is 0 Å². The first-order chi connectivity index (χ1) is 12.4. The Morgan fingerprint density at radius 3 is 2.58 bits per heavy atom. The number of anilines is 1. The summed E-state index contributed by atoms with van der Waals surface area (Å²) in [5.41, 5.74) is 0.744. The molecule has 1 saturated carbocycles. The summed E-state index contributed by atoms with van der Waals surface area (Å²) in [4.78, 5) is 11.2. The van der Waals surface area contributed by atoms with Gasteiger partial charge < -0.3 is 10.2 Å². The number of rotatable bonds is 6. The quantitative estimate of drug-likeness (QED) is 0.835. The molecule has 1 unspecified atom stereocenters. The number of benzene rings is 1. The summed E-state index contributed by atoms with van der Waals surface area (Å²) >= 11 is 0. The molecule has 1 atom stereocenters. The average Bonchev–Trinajstić information content (AvgIpc) is 2.61. The second kappa shape index (κ2) is 7.88. The molecule has 142 valence electrons. The van der Waals surface area contributed by atoms with Crippen LogP contribution in [0.1, 0.15) is 32.1 Å². The number of likely N-dealkylation sites (N-methyl/N-ethyl adjacent to an activating group) is 1. The van der Waals surface area contributed by atoms with E-state index in [0.29, 0.717) is 22.7 Å². The van der Waals surface area contributed by atoms with E-state index in [1.807, 2.05) is 0 Å². The highest BCUT2D eigenvalue weighted by atomic mass is 32.2. The molecule has 0 aliphatic heterocycles. The van der Waals surface area contributed by atoms with Crippen LogP contribution in [0.3, 0.4) is 0 Å². The number of hydrogen-bond acceptors (Lipinski definition) is 6. The minimum atomic E-state index is -3.26. The highest BCUT2D eigenvalue weighted by Crippen LogP contribution is 2.29. The van der Waals surface area contributed by atoms with E-state index in [0.717, 1.165) is 17.4 Å². The molecule has 0 saturated heterocycles. The van der Waals surface area contributed by atoms with E-state index >= 15 is 0 Å². The molecule has 26 heavy (non-hydrogen) atoms. The van der Waals surface area contributed by atoms with Crippen molar-refractivity contribution in [3.05, 3.63) is 24.5 Å². The van der Waals surface area contributed by atoms with Crippen molar-refractivity contribution in [3.8, 4) is 0 Å². The Morgan fingerprint density at radius 1 is 1.19 bits per heavy atom. The molecular formula is C19H28N4O2S. The lowest BCUT2D eigenvalue weighted by Gasteiger charge is -2.35. The predicted octanol–water partition coefficient (Wildman–Crippen LogP) is 2.96. The predicted molar refractivity (Wildman–Crippen MR) is 105 cm³/mol. The van der Waals surface area contributed by atoms with Crippen molar-refractivity contribution in [2.24, 2.45) is 5.92 Å². The number of sulfone groups is 1. The number of fused-ring (bicyclic) bond motifs is 1. The molecule has 1 fully saturated rings. The van der Waals surface area contributed by atoms with Crippen molar-refractivity contribution >= 4 is 26.6 Å². The lowest BCUT2D eigenvalue weighted by molar-refractivity contribution is 0.179. The molecule has 6 nitrogen and oxygen atoms in total. The van der Waals surface area contributed by atoms with Gasteiger partial charge in [0.2, 0.25) is 0 Å². The van der Waals surface area contributed by atoms with Crippen molar-refractivity contribution in [2.75, 3.05) is 32.2 Å². The molecule has 1 N–H and O–H groups in total. The van der Waals surface area contributed by atoms with E-state index in [-0.39, 0.29) is 0 Å². The van der Waals surface area contributed by atoms with Crippen molar-refractivity contribution in [2.45, 2.75) is 43.0 Å². The summed E-state index contributed by atoms with van der Waals surface area (Å²) in [6.07, 6.45) is 9.24. The molecule has 0 spiro atoms.